The fourth-order valence-electron chi connectivity index (χ4n) is 3.13. The van der Waals surface area contributed by atoms with E-state index in [0.29, 0.717) is 26.7 Å². The van der Waals surface area contributed by atoms with Crippen LogP contribution >= 0.6 is 23.2 Å². The van der Waals surface area contributed by atoms with Crippen molar-refractivity contribution in [3.63, 3.8) is 0 Å². The monoisotopic (exact) mass is 404 g/mol. The predicted molar refractivity (Wildman–Crippen MR) is 104 cm³/mol. The highest BCUT2D eigenvalue weighted by Crippen LogP contribution is 2.27. The molecular formula is C20H18Cl2N2O3. The van der Waals surface area contributed by atoms with Gasteiger partial charge in [0.2, 0.25) is 5.91 Å². The molecule has 0 fully saturated rings. The van der Waals surface area contributed by atoms with Crippen molar-refractivity contribution in [3.05, 3.63) is 69.2 Å². The van der Waals surface area contributed by atoms with Crippen LogP contribution in [0.15, 0.2) is 42.5 Å². The van der Waals surface area contributed by atoms with E-state index >= 15 is 0 Å². The van der Waals surface area contributed by atoms with E-state index in [1.54, 1.807) is 56.3 Å². The molecule has 1 aliphatic rings. The van der Waals surface area contributed by atoms with Crippen LogP contribution in [0.2, 0.25) is 10.0 Å². The van der Waals surface area contributed by atoms with Gasteiger partial charge in [-0.05, 0) is 35.7 Å². The summed E-state index contributed by atoms with van der Waals surface area (Å²) in [6, 6.07) is 10.7. The fourth-order valence-corrected chi connectivity index (χ4v) is 3.61. The first-order valence-corrected chi connectivity index (χ1v) is 9.25. The number of imide groups is 1. The quantitative estimate of drug-likeness (QED) is 0.767. The van der Waals surface area contributed by atoms with E-state index in [4.69, 9.17) is 23.2 Å². The molecule has 0 saturated carbocycles. The van der Waals surface area contributed by atoms with Crippen molar-refractivity contribution in [3.8, 4) is 0 Å². The third-order valence-electron chi connectivity index (χ3n) is 4.47. The number of halogens is 2. The van der Waals surface area contributed by atoms with Crippen LogP contribution in [0.5, 0.6) is 0 Å². The Morgan fingerprint density at radius 1 is 1.04 bits per heavy atom. The first-order valence-electron chi connectivity index (χ1n) is 8.49. The average Bonchev–Trinajstić information content (AvgIpc) is 2.86. The molecule has 1 unspecified atom stereocenters. The smallest absolute Gasteiger partial charge is 0.262 e. The Bertz CT molecular complexity index is 892. The van der Waals surface area contributed by atoms with Gasteiger partial charge in [0, 0.05) is 16.6 Å². The highest BCUT2D eigenvalue weighted by molar-refractivity contribution is 6.35. The van der Waals surface area contributed by atoms with Gasteiger partial charge in [-0.2, -0.15) is 0 Å². The minimum Gasteiger partial charge on any atom is -0.350 e. The molecule has 3 amide bonds. The second kappa shape index (κ2) is 7.71. The van der Waals surface area contributed by atoms with E-state index in [-0.39, 0.29) is 12.5 Å². The lowest BCUT2D eigenvalue weighted by atomic mass is 10.0. The molecule has 5 nitrogen and oxygen atoms in total. The molecule has 0 bridgehead atoms. The van der Waals surface area contributed by atoms with Crippen LogP contribution in [0, 0.1) is 5.92 Å². The van der Waals surface area contributed by atoms with Crippen molar-refractivity contribution in [2.45, 2.75) is 26.4 Å². The van der Waals surface area contributed by atoms with Gasteiger partial charge in [0.05, 0.1) is 11.1 Å². The largest absolute Gasteiger partial charge is 0.350 e. The van der Waals surface area contributed by atoms with Gasteiger partial charge in [0.25, 0.3) is 11.8 Å². The number of carbonyl (C=O) groups excluding carboxylic acids is 3. The maximum Gasteiger partial charge on any atom is 0.262 e. The Morgan fingerprint density at radius 3 is 2.15 bits per heavy atom. The zero-order valence-corrected chi connectivity index (χ0v) is 16.3. The summed E-state index contributed by atoms with van der Waals surface area (Å²) in [5.41, 5.74) is 1.34. The van der Waals surface area contributed by atoms with Gasteiger partial charge in [0.15, 0.2) is 0 Å². The molecule has 3 rings (SSSR count). The van der Waals surface area contributed by atoms with Crippen LogP contribution < -0.4 is 5.32 Å². The maximum atomic E-state index is 12.8. The molecule has 140 valence electrons. The Hall–Kier alpha value is -2.37. The van der Waals surface area contributed by atoms with Crippen LogP contribution in [-0.4, -0.2) is 28.7 Å². The number of fused-ring (bicyclic) bond motifs is 1. The third kappa shape index (κ3) is 3.70. The van der Waals surface area contributed by atoms with Crippen LogP contribution in [0.3, 0.4) is 0 Å². The summed E-state index contributed by atoms with van der Waals surface area (Å²) in [6.45, 7) is 3.76. The molecule has 7 heteroatoms. The highest BCUT2D eigenvalue weighted by atomic mass is 35.5. The molecule has 0 spiro atoms. The van der Waals surface area contributed by atoms with Crippen molar-refractivity contribution in [2.24, 2.45) is 5.92 Å². The number of hydrogen-bond acceptors (Lipinski definition) is 3. The number of nitrogens with one attached hydrogen (secondary N) is 1. The normalized spacial score (nSPS) is 14.5. The van der Waals surface area contributed by atoms with E-state index in [2.05, 4.69) is 5.32 Å². The van der Waals surface area contributed by atoms with Gasteiger partial charge in [-0.15, -0.1) is 0 Å². The van der Waals surface area contributed by atoms with E-state index in [0.717, 1.165) is 4.90 Å². The van der Waals surface area contributed by atoms with Gasteiger partial charge in [-0.1, -0.05) is 55.2 Å². The molecule has 1 aliphatic heterocycles. The molecule has 1 N–H and O–H groups in total. The van der Waals surface area contributed by atoms with Crippen molar-refractivity contribution in [1.82, 2.24) is 10.2 Å². The standard InChI is InChI=1S/C20H18Cl2N2O3/c1-11(2)17(18(25)23-10-12-7-8-13(21)9-16(12)22)24-19(26)14-5-3-4-6-15(14)20(24)27/h3-9,11,17H,10H2,1-2H3,(H,23,25). The maximum absolute atomic E-state index is 12.8. The minimum absolute atomic E-state index is 0.168. The molecule has 2 aromatic rings. The van der Waals surface area contributed by atoms with Crippen molar-refractivity contribution in [2.75, 3.05) is 0 Å². The number of rotatable bonds is 5. The van der Waals surface area contributed by atoms with Crippen molar-refractivity contribution < 1.29 is 14.4 Å². The van der Waals surface area contributed by atoms with E-state index in [1.807, 2.05) is 0 Å². The molecule has 1 heterocycles. The van der Waals surface area contributed by atoms with Crippen LogP contribution in [0.1, 0.15) is 40.1 Å². The average molecular weight is 405 g/mol. The molecule has 27 heavy (non-hydrogen) atoms. The fraction of sp³-hybridized carbons (Fsp3) is 0.250. The van der Waals surface area contributed by atoms with Crippen LogP contribution in [0.25, 0.3) is 0 Å². The number of nitrogens with zero attached hydrogens (tertiary/aromatic N) is 1. The lowest BCUT2D eigenvalue weighted by molar-refractivity contribution is -0.126. The summed E-state index contributed by atoms with van der Waals surface area (Å²) in [5, 5.41) is 3.71. The topological polar surface area (TPSA) is 66.5 Å². The molecular weight excluding hydrogens is 387 g/mol. The second-order valence-corrected chi connectivity index (χ2v) is 7.51. The molecule has 2 aromatic carbocycles. The molecule has 0 radical (unpaired) electrons. The van der Waals surface area contributed by atoms with Gasteiger partial charge in [0.1, 0.15) is 6.04 Å². The third-order valence-corrected chi connectivity index (χ3v) is 5.06. The molecule has 0 aromatic heterocycles. The Labute approximate surface area is 167 Å². The Balaban J connectivity index is 1.81. The number of carbonyl (C=O) groups is 3. The van der Waals surface area contributed by atoms with Gasteiger partial charge in [-0.3, -0.25) is 19.3 Å². The summed E-state index contributed by atoms with van der Waals surface area (Å²) in [6.07, 6.45) is 0. The Morgan fingerprint density at radius 2 is 1.63 bits per heavy atom. The summed E-state index contributed by atoms with van der Waals surface area (Å²) in [4.78, 5) is 39.3. The summed E-state index contributed by atoms with van der Waals surface area (Å²) in [5.74, 6) is -1.57. The van der Waals surface area contributed by atoms with E-state index in [1.165, 1.54) is 0 Å². The van der Waals surface area contributed by atoms with Crippen molar-refractivity contribution in [1.29, 1.82) is 0 Å². The van der Waals surface area contributed by atoms with Crippen LogP contribution in [0.4, 0.5) is 0 Å². The van der Waals surface area contributed by atoms with Crippen molar-refractivity contribution >= 4 is 40.9 Å². The summed E-state index contributed by atoms with van der Waals surface area (Å²) >= 11 is 12.0. The number of benzene rings is 2. The zero-order valence-electron chi connectivity index (χ0n) is 14.8. The molecule has 0 saturated heterocycles. The lowest BCUT2D eigenvalue weighted by Crippen LogP contribution is -2.52. The Kier molecular flexibility index (Phi) is 5.53. The first kappa shape index (κ1) is 19.4. The molecule has 0 aliphatic carbocycles. The SMILES string of the molecule is CC(C)C(C(=O)NCc1ccc(Cl)cc1Cl)N1C(=O)c2ccccc2C1=O. The zero-order chi connectivity index (χ0) is 19.7. The summed E-state index contributed by atoms with van der Waals surface area (Å²) in [7, 11) is 0. The summed E-state index contributed by atoms with van der Waals surface area (Å²) < 4.78 is 0. The minimum atomic E-state index is -0.913. The van der Waals surface area contributed by atoms with Gasteiger partial charge >= 0.3 is 0 Å². The van der Waals surface area contributed by atoms with Crippen LogP contribution in [-0.2, 0) is 11.3 Å². The second-order valence-electron chi connectivity index (χ2n) is 6.67. The van der Waals surface area contributed by atoms with Gasteiger partial charge < -0.3 is 5.32 Å². The van der Waals surface area contributed by atoms with E-state index in [9.17, 15) is 14.4 Å². The highest BCUT2D eigenvalue weighted by Gasteiger charge is 2.43. The number of hydrogen-bond donors (Lipinski definition) is 1. The first-order chi connectivity index (χ1) is 12.8. The number of amides is 3. The molecule has 1 atom stereocenters. The van der Waals surface area contributed by atoms with Gasteiger partial charge in [-0.25, -0.2) is 0 Å². The predicted octanol–water partition coefficient (Wildman–Crippen LogP) is 3.93. The lowest BCUT2D eigenvalue weighted by Gasteiger charge is -2.28. The van der Waals surface area contributed by atoms with E-state index < -0.39 is 23.8 Å².